The zero-order valence-corrected chi connectivity index (χ0v) is 8.26. The van der Waals surface area contributed by atoms with Gasteiger partial charge in [0.25, 0.3) is 0 Å². The molecule has 8 heteroatoms. The maximum absolute atomic E-state index is 12.8. The summed E-state index contributed by atoms with van der Waals surface area (Å²) in [5, 5.41) is -1.05. The van der Waals surface area contributed by atoms with E-state index < -0.39 is 28.0 Å². The monoisotopic (exact) mass is 265 g/mol. The molecule has 0 bridgehead atoms. The van der Waals surface area contributed by atoms with Gasteiger partial charge in [0.15, 0.2) is 0 Å². The van der Waals surface area contributed by atoms with Gasteiger partial charge in [0.1, 0.15) is 10.3 Å². The molecule has 0 atom stereocenters. The van der Waals surface area contributed by atoms with Crippen LogP contribution in [0.2, 0.25) is 10.3 Å². The fraction of sp³-hybridized carbons (Fsp3) is 0.286. The third-order valence-electron chi connectivity index (χ3n) is 1.48. The van der Waals surface area contributed by atoms with Gasteiger partial charge < -0.3 is 0 Å². The van der Waals surface area contributed by atoms with E-state index in [0.29, 0.717) is 12.1 Å². The Hall–Kier alpha value is -0.620. The smallest absolute Gasteiger partial charge is 0.224 e. The first-order valence-electron chi connectivity index (χ1n) is 3.42. The molecule has 0 aliphatic rings. The molecule has 0 aliphatic carbocycles. The normalized spacial score (nSPS) is 13.0. The Balaban J connectivity index is 3.27. The van der Waals surface area contributed by atoms with Gasteiger partial charge in [-0.2, -0.15) is 22.0 Å². The Morgan fingerprint density at radius 3 is 1.67 bits per heavy atom. The highest BCUT2D eigenvalue weighted by Crippen LogP contribution is 2.44. The van der Waals surface area contributed by atoms with Crippen molar-refractivity contribution in [1.29, 1.82) is 0 Å². The summed E-state index contributed by atoms with van der Waals surface area (Å²) in [6, 6.07) is 0.835. The number of nitrogens with zero attached hydrogens (tertiary/aromatic N) is 1. The molecular formula is C7H2Cl2F5N. The predicted octanol–water partition coefficient (Wildman–Crippen LogP) is 4.04. The summed E-state index contributed by atoms with van der Waals surface area (Å²) in [5.41, 5.74) is -1.33. The first-order chi connectivity index (χ1) is 6.64. The van der Waals surface area contributed by atoms with Crippen LogP contribution in [-0.2, 0) is 5.92 Å². The molecule has 0 fully saturated rings. The van der Waals surface area contributed by atoms with E-state index in [1.165, 1.54) is 0 Å². The van der Waals surface area contributed by atoms with Gasteiger partial charge in [-0.25, -0.2) is 4.98 Å². The summed E-state index contributed by atoms with van der Waals surface area (Å²) >= 11 is 10.4. The van der Waals surface area contributed by atoms with E-state index in [1.54, 1.807) is 0 Å². The minimum Gasteiger partial charge on any atom is -0.224 e. The summed E-state index contributed by atoms with van der Waals surface area (Å²) in [6.07, 6.45) is -5.69. The van der Waals surface area contributed by atoms with Crippen molar-refractivity contribution in [2.75, 3.05) is 0 Å². The molecule has 0 amide bonds. The number of hydrogen-bond acceptors (Lipinski definition) is 1. The van der Waals surface area contributed by atoms with Crippen LogP contribution in [0.3, 0.4) is 0 Å². The Morgan fingerprint density at radius 1 is 0.933 bits per heavy atom. The molecule has 0 aliphatic heterocycles. The number of hydrogen-bond donors (Lipinski definition) is 0. The maximum Gasteiger partial charge on any atom is 0.458 e. The number of aromatic nitrogens is 1. The molecule has 0 unspecified atom stereocenters. The van der Waals surface area contributed by atoms with Gasteiger partial charge in [-0.1, -0.05) is 23.2 Å². The van der Waals surface area contributed by atoms with Crippen LogP contribution in [-0.4, -0.2) is 11.2 Å². The van der Waals surface area contributed by atoms with Gasteiger partial charge in [0, 0.05) is 5.56 Å². The average Bonchev–Trinajstić information content (AvgIpc) is 1.99. The van der Waals surface area contributed by atoms with Crippen molar-refractivity contribution in [1.82, 2.24) is 4.98 Å². The van der Waals surface area contributed by atoms with Crippen LogP contribution in [0.1, 0.15) is 5.56 Å². The highest BCUT2D eigenvalue weighted by atomic mass is 35.5. The number of alkyl halides is 5. The third-order valence-corrected chi connectivity index (χ3v) is 1.87. The van der Waals surface area contributed by atoms with Crippen LogP contribution in [0.4, 0.5) is 22.0 Å². The fourth-order valence-electron chi connectivity index (χ4n) is 0.810. The quantitative estimate of drug-likeness (QED) is 0.552. The van der Waals surface area contributed by atoms with Crippen LogP contribution in [0.5, 0.6) is 0 Å². The van der Waals surface area contributed by atoms with Gasteiger partial charge in [0.2, 0.25) is 0 Å². The van der Waals surface area contributed by atoms with E-state index in [9.17, 15) is 22.0 Å². The molecule has 84 valence electrons. The largest absolute Gasteiger partial charge is 0.458 e. The summed E-state index contributed by atoms with van der Waals surface area (Å²) in [4.78, 5) is 3.26. The highest BCUT2D eigenvalue weighted by molar-refractivity contribution is 6.32. The molecule has 1 aromatic heterocycles. The topological polar surface area (TPSA) is 12.9 Å². The van der Waals surface area contributed by atoms with Gasteiger partial charge in [-0.15, -0.1) is 0 Å². The van der Waals surface area contributed by atoms with E-state index in [1.807, 2.05) is 0 Å². The van der Waals surface area contributed by atoms with Gasteiger partial charge in [-0.05, 0) is 12.1 Å². The SMILES string of the molecule is FC(F)(F)C(F)(F)c1cc(Cl)nc(Cl)c1. The lowest BCUT2D eigenvalue weighted by molar-refractivity contribution is -0.289. The minimum absolute atomic E-state index is 0.418. The first-order valence-corrected chi connectivity index (χ1v) is 4.18. The molecule has 0 saturated heterocycles. The second-order valence-corrected chi connectivity index (χ2v) is 3.35. The summed E-state index contributed by atoms with van der Waals surface area (Å²) in [6.45, 7) is 0. The lowest BCUT2D eigenvalue weighted by Crippen LogP contribution is -2.33. The zero-order chi connectivity index (χ0) is 11.9. The molecular weight excluding hydrogens is 264 g/mol. The van der Waals surface area contributed by atoms with Crippen molar-refractivity contribution in [3.8, 4) is 0 Å². The molecule has 0 N–H and O–H groups in total. The fourth-order valence-corrected chi connectivity index (χ4v) is 1.27. The van der Waals surface area contributed by atoms with Crippen molar-refractivity contribution in [3.63, 3.8) is 0 Å². The molecule has 0 spiro atoms. The maximum atomic E-state index is 12.8. The van der Waals surface area contributed by atoms with Crippen molar-refractivity contribution in [2.24, 2.45) is 0 Å². The molecule has 1 aromatic rings. The Bertz CT molecular complexity index is 356. The molecule has 15 heavy (non-hydrogen) atoms. The van der Waals surface area contributed by atoms with Gasteiger partial charge in [0.05, 0.1) is 0 Å². The molecule has 0 radical (unpaired) electrons. The predicted molar refractivity (Wildman–Crippen MR) is 44.2 cm³/mol. The van der Waals surface area contributed by atoms with E-state index in [-0.39, 0.29) is 0 Å². The highest BCUT2D eigenvalue weighted by Gasteiger charge is 2.58. The molecule has 1 rings (SSSR count). The van der Waals surface area contributed by atoms with Crippen molar-refractivity contribution < 1.29 is 22.0 Å². The van der Waals surface area contributed by atoms with E-state index in [4.69, 9.17) is 23.2 Å². The average molecular weight is 266 g/mol. The van der Waals surface area contributed by atoms with Gasteiger partial charge in [-0.3, -0.25) is 0 Å². The summed E-state index contributed by atoms with van der Waals surface area (Å²) in [7, 11) is 0. The number of pyridine rings is 1. The van der Waals surface area contributed by atoms with Crippen molar-refractivity contribution >= 4 is 23.2 Å². The Kier molecular flexibility index (Phi) is 3.11. The van der Waals surface area contributed by atoms with Crippen LogP contribution in [0.15, 0.2) is 12.1 Å². The second kappa shape index (κ2) is 3.75. The van der Waals surface area contributed by atoms with E-state index in [0.717, 1.165) is 0 Å². The van der Waals surface area contributed by atoms with Crippen LogP contribution < -0.4 is 0 Å². The summed E-state index contributed by atoms with van der Waals surface area (Å²) < 4.78 is 61.3. The van der Waals surface area contributed by atoms with Crippen LogP contribution in [0.25, 0.3) is 0 Å². The Labute approximate surface area is 90.8 Å². The molecule has 0 saturated carbocycles. The lowest BCUT2D eigenvalue weighted by atomic mass is 10.1. The van der Waals surface area contributed by atoms with Crippen LogP contribution >= 0.6 is 23.2 Å². The standard InChI is InChI=1S/C7H2Cl2F5N/c8-4-1-3(2-5(9)15-4)6(10,11)7(12,13)14/h1-2H. The number of rotatable bonds is 1. The van der Waals surface area contributed by atoms with E-state index >= 15 is 0 Å². The molecule has 1 nitrogen and oxygen atoms in total. The van der Waals surface area contributed by atoms with Crippen molar-refractivity contribution in [2.45, 2.75) is 12.1 Å². The molecule has 0 aromatic carbocycles. The Morgan fingerprint density at radius 2 is 1.33 bits per heavy atom. The second-order valence-electron chi connectivity index (χ2n) is 2.57. The summed E-state index contributed by atoms with van der Waals surface area (Å²) in [5.74, 6) is -5.00. The van der Waals surface area contributed by atoms with Gasteiger partial charge >= 0.3 is 12.1 Å². The van der Waals surface area contributed by atoms with E-state index in [2.05, 4.69) is 4.98 Å². The first kappa shape index (κ1) is 12.4. The third kappa shape index (κ3) is 2.49. The lowest BCUT2D eigenvalue weighted by Gasteiger charge is -2.19. The molecule has 1 heterocycles. The minimum atomic E-state index is -5.69. The number of halogens is 7. The zero-order valence-electron chi connectivity index (χ0n) is 6.75. The van der Waals surface area contributed by atoms with Crippen LogP contribution in [0, 0.1) is 0 Å². The van der Waals surface area contributed by atoms with Crippen molar-refractivity contribution in [3.05, 3.63) is 28.0 Å².